The highest BCUT2D eigenvalue weighted by Crippen LogP contribution is 2.21. The van der Waals surface area contributed by atoms with Crippen molar-refractivity contribution in [2.24, 2.45) is 0 Å². The molecule has 3 aromatic carbocycles. The summed E-state index contributed by atoms with van der Waals surface area (Å²) in [5, 5.41) is 6.62. The molecule has 0 unspecified atom stereocenters. The fraction of sp³-hybridized carbons (Fsp3) is 0.250. The molecule has 1 amide bonds. The zero-order valence-electron chi connectivity index (χ0n) is 16.9. The molecule has 1 aromatic heterocycles. The lowest BCUT2D eigenvalue weighted by atomic mass is 10.1. The van der Waals surface area contributed by atoms with Gasteiger partial charge < -0.3 is 15.1 Å². The van der Waals surface area contributed by atoms with E-state index in [9.17, 15) is 4.79 Å². The molecule has 0 saturated carbocycles. The first-order valence-corrected chi connectivity index (χ1v) is 11.3. The molecule has 0 aliphatic carbocycles. The van der Waals surface area contributed by atoms with Crippen LogP contribution in [0.5, 0.6) is 0 Å². The maximum Gasteiger partial charge on any atom is 0.279 e. The minimum Gasteiger partial charge on any atom is -0.321 e. The van der Waals surface area contributed by atoms with Crippen molar-refractivity contribution in [2.75, 3.05) is 38.0 Å². The van der Waals surface area contributed by atoms with Crippen LogP contribution in [0, 0.1) is 0 Å². The van der Waals surface area contributed by atoms with Crippen molar-refractivity contribution in [2.45, 2.75) is 6.54 Å². The number of para-hydroxylation sites is 1. The number of benzene rings is 3. The third kappa shape index (κ3) is 4.36. The molecule has 6 heteroatoms. The van der Waals surface area contributed by atoms with Gasteiger partial charge in [-0.05, 0) is 35.0 Å². The molecule has 5 nitrogen and oxygen atoms in total. The van der Waals surface area contributed by atoms with Gasteiger partial charge in [0.15, 0.2) is 6.54 Å². The molecule has 0 spiro atoms. The monoisotopic (exact) mass is 418 g/mol. The summed E-state index contributed by atoms with van der Waals surface area (Å²) < 4.78 is 1.27. The number of quaternary nitrogens is 2. The summed E-state index contributed by atoms with van der Waals surface area (Å²) in [6.07, 6.45) is 0. The molecule has 0 bridgehead atoms. The van der Waals surface area contributed by atoms with Gasteiger partial charge in [0, 0.05) is 5.69 Å². The van der Waals surface area contributed by atoms with Gasteiger partial charge in [0.1, 0.15) is 37.7 Å². The standard InChI is InChI=1S/C24H24N4OS/c29-23(25-20-10-9-18-5-1-2-6-19(18)15-20)16-27-11-13-28(14-12-27)17-24-26-21-7-3-4-8-22(21)30-24/h1-10,15H,11-14,16-17H2,(H,25,29)/p+2. The number of fused-ring (bicyclic) bond motifs is 2. The zero-order chi connectivity index (χ0) is 20.3. The lowest BCUT2D eigenvalue weighted by Gasteiger charge is -2.28. The van der Waals surface area contributed by atoms with Gasteiger partial charge in [0.2, 0.25) is 0 Å². The van der Waals surface area contributed by atoms with E-state index in [1.54, 1.807) is 16.2 Å². The van der Waals surface area contributed by atoms with E-state index in [1.165, 1.54) is 20.0 Å². The van der Waals surface area contributed by atoms with Crippen molar-refractivity contribution < 1.29 is 14.6 Å². The first-order chi connectivity index (χ1) is 14.7. The minimum atomic E-state index is 0.0925. The van der Waals surface area contributed by atoms with Gasteiger partial charge >= 0.3 is 0 Å². The van der Waals surface area contributed by atoms with Crippen molar-refractivity contribution in [3.63, 3.8) is 0 Å². The number of piperazine rings is 1. The zero-order valence-corrected chi connectivity index (χ0v) is 17.7. The largest absolute Gasteiger partial charge is 0.321 e. The van der Waals surface area contributed by atoms with Crippen LogP contribution in [0.4, 0.5) is 5.69 Å². The highest BCUT2D eigenvalue weighted by molar-refractivity contribution is 7.18. The van der Waals surface area contributed by atoms with Gasteiger partial charge in [-0.15, -0.1) is 11.3 Å². The molecule has 1 fully saturated rings. The Morgan fingerprint density at radius 1 is 0.900 bits per heavy atom. The molecule has 2 heterocycles. The van der Waals surface area contributed by atoms with Crippen LogP contribution in [-0.2, 0) is 11.3 Å². The van der Waals surface area contributed by atoms with E-state index in [1.807, 2.05) is 30.3 Å². The fourth-order valence-corrected chi connectivity index (χ4v) is 5.26. The number of hydrogen-bond donors (Lipinski definition) is 3. The number of nitrogens with one attached hydrogen (secondary N) is 3. The van der Waals surface area contributed by atoms with Crippen LogP contribution in [0.25, 0.3) is 21.0 Å². The molecular formula is C24H26N4OS+2. The smallest absolute Gasteiger partial charge is 0.279 e. The van der Waals surface area contributed by atoms with Gasteiger partial charge in [-0.2, -0.15) is 0 Å². The summed E-state index contributed by atoms with van der Waals surface area (Å²) in [6, 6.07) is 22.6. The Bertz CT molecular complexity index is 1150. The van der Waals surface area contributed by atoms with Gasteiger partial charge in [-0.25, -0.2) is 4.98 Å². The van der Waals surface area contributed by atoms with Crippen LogP contribution < -0.4 is 15.1 Å². The second-order valence-electron chi connectivity index (χ2n) is 8.04. The fourth-order valence-electron chi connectivity index (χ4n) is 4.22. The summed E-state index contributed by atoms with van der Waals surface area (Å²) in [6.45, 7) is 5.71. The first kappa shape index (κ1) is 19.2. The molecule has 1 saturated heterocycles. The highest BCUT2D eigenvalue weighted by atomic mass is 32.1. The number of thiazole rings is 1. The molecule has 3 N–H and O–H groups in total. The Labute approximate surface area is 179 Å². The topological polar surface area (TPSA) is 50.9 Å². The third-order valence-electron chi connectivity index (χ3n) is 5.85. The Balaban J connectivity index is 1.12. The average Bonchev–Trinajstić information content (AvgIpc) is 3.17. The summed E-state index contributed by atoms with van der Waals surface area (Å²) in [7, 11) is 0. The van der Waals surface area contributed by atoms with Crippen LogP contribution in [0.15, 0.2) is 66.7 Å². The summed E-state index contributed by atoms with van der Waals surface area (Å²) in [5.74, 6) is 0.0925. The van der Waals surface area contributed by atoms with Crippen molar-refractivity contribution in [3.8, 4) is 0 Å². The van der Waals surface area contributed by atoms with Gasteiger partial charge in [0.05, 0.1) is 10.2 Å². The van der Waals surface area contributed by atoms with Crippen molar-refractivity contribution in [3.05, 3.63) is 71.7 Å². The number of anilines is 1. The molecule has 152 valence electrons. The molecular weight excluding hydrogens is 392 g/mol. The number of hydrogen-bond acceptors (Lipinski definition) is 3. The molecule has 1 aliphatic heterocycles. The second kappa shape index (κ2) is 8.52. The predicted octanol–water partition coefficient (Wildman–Crippen LogP) is 1.37. The van der Waals surface area contributed by atoms with E-state index >= 15 is 0 Å². The quantitative estimate of drug-likeness (QED) is 0.459. The summed E-state index contributed by atoms with van der Waals surface area (Å²) in [4.78, 5) is 20.2. The Morgan fingerprint density at radius 3 is 2.47 bits per heavy atom. The molecule has 0 radical (unpaired) electrons. The average molecular weight is 419 g/mol. The van der Waals surface area contributed by atoms with Crippen molar-refractivity contribution in [1.29, 1.82) is 0 Å². The lowest BCUT2D eigenvalue weighted by molar-refractivity contribution is -1.01. The molecule has 0 atom stereocenters. The van der Waals surface area contributed by atoms with E-state index in [2.05, 4.69) is 41.7 Å². The number of carbonyl (C=O) groups is 1. The van der Waals surface area contributed by atoms with E-state index in [0.717, 1.165) is 49.3 Å². The maximum absolute atomic E-state index is 12.5. The van der Waals surface area contributed by atoms with Crippen LogP contribution >= 0.6 is 11.3 Å². The normalized spacial score (nSPS) is 19.2. The number of nitrogens with zero attached hydrogens (tertiary/aromatic N) is 1. The van der Waals surface area contributed by atoms with Gasteiger partial charge in [0.25, 0.3) is 5.91 Å². The first-order valence-electron chi connectivity index (χ1n) is 10.5. The third-order valence-corrected chi connectivity index (χ3v) is 6.88. The van der Waals surface area contributed by atoms with Gasteiger partial charge in [-0.1, -0.05) is 42.5 Å². The highest BCUT2D eigenvalue weighted by Gasteiger charge is 2.25. The molecule has 30 heavy (non-hydrogen) atoms. The SMILES string of the molecule is O=C(C[NH+]1CC[NH+](Cc2nc3ccccc3s2)CC1)Nc1ccc2ccccc2c1. The summed E-state index contributed by atoms with van der Waals surface area (Å²) >= 11 is 1.80. The van der Waals surface area contributed by atoms with E-state index < -0.39 is 0 Å². The number of aromatic nitrogens is 1. The maximum atomic E-state index is 12.5. The van der Waals surface area contributed by atoms with E-state index in [-0.39, 0.29) is 5.91 Å². The van der Waals surface area contributed by atoms with Gasteiger partial charge in [-0.3, -0.25) is 4.79 Å². The Hall–Kier alpha value is -2.80. The van der Waals surface area contributed by atoms with Crippen molar-refractivity contribution >= 4 is 43.9 Å². The van der Waals surface area contributed by atoms with Crippen LogP contribution in [0.1, 0.15) is 5.01 Å². The summed E-state index contributed by atoms with van der Waals surface area (Å²) in [5.41, 5.74) is 1.98. The Kier molecular flexibility index (Phi) is 5.45. The number of amides is 1. The molecule has 4 aromatic rings. The molecule has 1 aliphatic rings. The Morgan fingerprint density at radius 2 is 1.63 bits per heavy atom. The van der Waals surface area contributed by atoms with Crippen LogP contribution in [0.3, 0.4) is 0 Å². The van der Waals surface area contributed by atoms with Crippen LogP contribution in [-0.4, -0.2) is 43.6 Å². The minimum absolute atomic E-state index is 0.0925. The van der Waals surface area contributed by atoms with E-state index in [0.29, 0.717) is 6.54 Å². The number of rotatable bonds is 5. The van der Waals surface area contributed by atoms with Crippen molar-refractivity contribution in [1.82, 2.24) is 4.98 Å². The lowest BCUT2D eigenvalue weighted by Crippen LogP contribution is -3.28. The second-order valence-corrected chi connectivity index (χ2v) is 9.15. The predicted molar refractivity (Wildman–Crippen MR) is 122 cm³/mol. The molecule has 5 rings (SSSR count). The van der Waals surface area contributed by atoms with Crippen LogP contribution in [0.2, 0.25) is 0 Å². The number of carbonyl (C=O) groups excluding carboxylic acids is 1. The van der Waals surface area contributed by atoms with E-state index in [4.69, 9.17) is 4.98 Å².